The van der Waals surface area contributed by atoms with Crippen LogP contribution in [0, 0.1) is 11.3 Å². The highest BCUT2D eigenvalue weighted by Crippen LogP contribution is 2.36. The van der Waals surface area contributed by atoms with E-state index in [4.69, 9.17) is 0 Å². The van der Waals surface area contributed by atoms with Gasteiger partial charge in [-0.15, -0.1) is 0 Å². The summed E-state index contributed by atoms with van der Waals surface area (Å²) in [6.45, 7) is 5.26. The number of carboxylic acid groups (broad SMARTS) is 1. The van der Waals surface area contributed by atoms with Crippen LogP contribution in [0.5, 0.6) is 0 Å². The zero-order chi connectivity index (χ0) is 15.0. The Morgan fingerprint density at radius 1 is 1.43 bits per heavy atom. The molecule has 21 heavy (non-hydrogen) atoms. The number of piperidine rings is 1. The standard InChI is InChI=1S/C15H20N4O2/c1-15(2,14(20)21)11-4-3-8-18(10-11)13-12-5-6-17-19(12)9-7-16-13/h5-7,9,11H,3-4,8,10H2,1-2H3,(H,20,21). The maximum absolute atomic E-state index is 11.5. The third kappa shape index (κ3) is 2.34. The summed E-state index contributed by atoms with van der Waals surface area (Å²) < 4.78 is 1.80. The molecule has 3 rings (SSSR count). The molecule has 0 saturated carbocycles. The van der Waals surface area contributed by atoms with Gasteiger partial charge in [0.05, 0.1) is 11.6 Å². The first-order chi connectivity index (χ1) is 10.00. The summed E-state index contributed by atoms with van der Waals surface area (Å²) in [6.07, 6.45) is 7.24. The van der Waals surface area contributed by atoms with Gasteiger partial charge in [-0.25, -0.2) is 9.50 Å². The molecule has 1 N–H and O–H groups in total. The van der Waals surface area contributed by atoms with Gasteiger partial charge in [-0.05, 0) is 38.7 Å². The number of anilines is 1. The topological polar surface area (TPSA) is 70.7 Å². The van der Waals surface area contributed by atoms with Gasteiger partial charge in [-0.2, -0.15) is 5.10 Å². The predicted octanol–water partition coefficient (Wildman–Crippen LogP) is 2.06. The summed E-state index contributed by atoms with van der Waals surface area (Å²) >= 11 is 0. The van der Waals surface area contributed by atoms with E-state index in [2.05, 4.69) is 15.0 Å². The highest BCUT2D eigenvalue weighted by atomic mass is 16.4. The summed E-state index contributed by atoms with van der Waals surface area (Å²) in [5, 5.41) is 13.7. The number of rotatable bonds is 3. The summed E-state index contributed by atoms with van der Waals surface area (Å²) in [6, 6.07) is 1.94. The minimum Gasteiger partial charge on any atom is -0.481 e. The largest absolute Gasteiger partial charge is 0.481 e. The lowest BCUT2D eigenvalue weighted by molar-refractivity contribution is -0.150. The molecule has 1 atom stereocenters. The third-order valence-corrected chi connectivity index (χ3v) is 4.60. The highest BCUT2D eigenvalue weighted by Gasteiger charge is 2.39. The molecule has 1 unspecified atom stereocenters. The molecule has 1 saturated heterocycles. The van der Waals surface area contributed by atoms with Gasteiger partial charge in [0.1, 0.15) is 5.52 Å². The molecule has 0 aromatic carbocycles. The van der Waals surface area contributed by atoms with Crippen molar-refractivity contribution < 1.29 is 9.90 Å². The van der Waals surface area contributed by atoms with Gasteiger partial charge in [0.15, 0.2) is 5.82 Å². The van der Waals surface area contributed by atoms with Crippen molar-refractivity contribution in [2.45, 2.75) is 26.7 Å². The molecule has 1 fully saturated rings. The molecule has 0 amide bonds. The van der Waals surface area contributed by atoms with Crippen molar-refractivity contribution in [3.63, 3.8) is 0 Å². The van der Waals surface area contributed by atoms with Gasteiger partial charge in [0.25, 0.3) is 0 Å². The Morgan fingerprint density at radius 2 is 2.24 bits per heavy atom. The molecule has 0 bridgehead atoms. The van der Waals surface area contributed by atoms with Gasteiger partial charge in [-0.1, -0.05) is 0 Å². The number of fused-ring (bicyclic) bond motifs is 1. The van der Waals surface area contributed by atoms with E-state index in [-0.39, 0.29) is 5.92 Å². The first-order valence-electron chi connectivity index (χ1n) is 7.27. The Hall–Kier alpha value is -2.11. The Labute approximate surface area is 123 Å². The average molecular weight is 288 g/mol. The molecule has 0 aliphatic carbocycles. The lowest BCUT2D eigenvalue weighted by Gasteiger charge is -2.39. The molecule has 1 aliphatic rings. The van der Waals surface area contributed by atoms with Crippen LogP contribution in [0.2, 0.25) is 0 Å². The smallest absolute Gasteiger partial charge is 0.309 e. The third-order valence-electron chi connectivity index (χ3n) is 4.60. The van der Waals surface area contributed by atoms with Crippen molar-refractivity contribution >= 4 is 17.3 Å². The molecule has 6 heteroatoms. The van der Waals surface area contributed by atoms with E-state index in [0.29, 0.717) is 0 Å². The molecular formula is C15H20N4O2. The average Bonchev–Trinajstić information content (AvgIpc) is 2.95. The molecule has 2 aromatic rings. The van der Waals surface area contributed by atoms with E-state index in [1.807, 2.05) is 26.1 Å². The summed E-state index contributed by atoms with van der Waals surface area (Å²) in [5.74, 6) is 0.277. The number of carboxylic acids is 1. The quantitative estimate of drug-likeness (QED) is 0.936. The number of carbonyl (C=O) groups is 1. The number of aromatic nitrogens is 3. The second-order valence-electron chi connectivity index (χ2n) is 6.22. The van der Waals surface area contributed by atoms with Crippen molar-refractivity contribution in [3.05, 3.63) is 24.7 Å². The Kier molecular flexibility index (Phi) is 3.31. The zero-order valence-corrected chi connectivity index (χ0v) is 12.4. The maximum Gasteiger partial charge on any atom is 0.309 e. The minimum atomic E-state index is -0.732. The van der Waals surface area contributed by atoms with Crippen molar-refractivity contribution in [1.29, 1.82) is 0 Å². The fourth-order valence-corrected chi connectivity index (χ4v) is 3.02. The van der Waals surface area contributed by atoms with E-state index in [0.717, 1.165) is 37.3 Å². The van der Waals surface area contributed by atoms with Crippen molar-refractivity contribution in [3.8, 4) is 0 Å². The zero-order valence-electron chi connectivity index (χ0n) is 12.4. The number of nitrogens with zero attached hydrogens (tertiary/aromatic N) is 4. The van der Waals surface area contributed by atoms with Crippen LogP contribution >= 0.6 is 0 Å². The Bertz CT molecular complexity index is 664. The van der Waals surface area contributed by atoms with E-state index < -0.39 is 11.4 Å². The first-order valence-corrected chi connectivity index (χ1v) is 7.27. The van der Waals surface area contributed by atoms with Crippen LogP contribution in [0.15, 0.2) is 24.7 Å². The molecule has 112 valence electrons. The van der Waals surface area contributed by atoms with Gasteiger partial charge in [-0.3, -0.25) is 4.79 Å². The van der Waals surface area contributed by atoms with E-state index in [9.17, 15) is 9.90 Å². The first kappa shape index (κ1) is 13.9. The fraction of sp³-hybridized carbons (Fsp3) is 0.533. The van der Waals surface area contributed by atoms with Crippen molar-refractivity contribution in [2.75, 3.05) is 18.0 Å². The normalized spacial score (nSPS) is 19.9. The van der Waals surface area contributed by atoms with Crippen molar-refractivity contribution in [1.82, 2.24) is 14.6 Å². The van der Waals surface area contributed by atoms with E-state index >= 15 is 0 Å². The number of hydrogen-bond donors (Lipinski definition) is 1. The molecule has 0 radical (unpaired) electrons. The summed E-state index contributed by atoms with van der Waals surface area (Å²) in [7, 11) is 0. The lowest BCUT2D eigenvalue weighted by Crippen LogP contribution is -2.45. The maximum atomic E-state index is 11.5. The van der Waals surface area contributed by atoms with Gasteiger partial charge in [0, 0.05) is 25.5 Å². The fourth-order valence-electron chi connectivity index (χ4n) is 3.02. The van der Waals surface area contributed by atoms with Crippen molar-refractivity contribution in [2.24, 2.45) is 11.3 Å². The Morgan fingerprint density at radius 3 is 3.00 bits per heavy atom. The second-order valence-corrected chi connectivity index (χ2v) is 6.22. The van der Waals surface area contributed by atoms with E-state index in [1.54, 1.807) is 16.9 Å². The van der Waals surface area contributed by atoms with Crippen LogP contribution in [0.3, 0.4) is 0 Å². The SMILES string of the molecule is CC(C)(C(=O)O)C1CCCN(c2nccn3nccc23)C1. The minimum absolute atomic E-state index is 0.119. The molecule has 0 spiro atoms. The Balaban J connectivity index is 1.90. The summed E-state index contributed by atoms with van der Waals surface area (Å²) in [4.78, 5) is 18.2. The monoisotopic (exact) mass is 288 g/mol. The molecule has 1 aliphatic heterocycles. The van der Waals surface area contributed by atoms with E-state index in [1.165, 1.54) is 0 Å². The van der Waals surface area contributed by atoms with Gasteiger partial charge < -0.3 is 10.0 Å². The van der Waals surface area contributed by atoms with Crippen LogP contribution in [0.4, 0.5) is 5.82 Å². The lowest BCUT2D eigenvalue weighted by atomic mass is 9.74. The van der Waals surface area contributed by atoms with Gasteiger partial charge in [0.2, 0.25) is 0 Å². The van der Waals surface area contributed by atoms with Crippen LogP contribution in [0.1, 0.15) is 26.7 Å². The molecular weight excluding hydrogens is 268 g/mol. The van der Waals surface area contributed by atoms with Crippen LogP contribution in [0.25, 0.3) is 5.52 Å². The van der Waals surface area contributed by atoms with Crippen LogP contribution in [-0.2, 0) is 4.79 Å². The van der Waals surface area contributed by atoms with Gasteiger partial charge >= 0.3 is 5.97 Å². The molecule has 3 heterocycles. The molecule has 2 aromatic heterocycles. The molecule has 6 nitrogen and oxygen atoms in total. The van der Waals surface area contributed by atoms with Crippen LogP contribution < -0.4 is 4.90 Å². The predicted molar refractivity (Wildman–Crippen MR) is 79.3 cm³/mol. The summed E-state index contributed by atoms with van der Waals surface area (Å²) in [5.41, 5.74) is 0.246. The second kappa shape index (κ2) is 5.02. The highest BCUT2D eigenvalue weighted by molar-refractivity contribution is 5.74. The van der Waals surface area contributed by atoms with Crippen LogP contribution in [-0.4, -0.2) is 38.8 Å². The number of hydrogen-bond acceptors (Lipinski definition) is 4. The number of aliphatic carboxylic acids is 1.